The Hall–Kier alpha value is -3.44. The van der Waals surface area contributed by atoms with Gasteiger partial charge in [0.2, 0.25) is 5.17 Å². The molecule has 33 heavy (non-hydrogen) atoms. The van der Waals surface area contributed by atoms with Gasteiger partial charge in [-0.15, -0.1) is 0 Å². The first kappa shape index (κ1) is 22.7. The molecule has 4 rings (SSSR count). The summed E-state index contributed by atoms with van der Waals surface area (Å²) >= 11 is 1.23. The third-order valence-corrected chi connectivity index (χ3v) is 5.98. The van der Waals surface area contributed by atoms with Crippen molar-refractivity contribution in [2.45, 2.75) is 13.8 Å². The topological polar surface area (TPSA) is 121 Å². The van der Waals surface area contributed by atoms with E-state index in [1.54, 1.807) is 13.0 Å². The summed E-state index contributed by atoms with van der Waals surface area (Å²) in [5.41, 5.74) is 2.52. The summed E-state index contributed by atoms with van der Waals surface area (Å²) in [7, 11) is -3.74. The van der Waals surface area contributed by atoms with Gasteiger partial charge in [0.05, 0.1) is 18.4 Å². The average molecular weight is 485 g/mol. The molecule has 0 bridgehead atoms. The van der Waals surface area contributed by atoms with Gasteiger partial charge in [0.15, 0.2) is 17.3 Å². The van der Waals surface area contributed by atoms with E-state index in [0.29, 0.717) is 15.8 Å². The van der Waals surface area contributed by atoms with Gasteiger partial charge in [0.25, 0.3) is 5.91 Å². The van der Waals surface area contributed by atoms with Gasteiger partial charge >= 0.3 is 10.1 Å². The molecule has 9 nitrogen and oxygen atoms in total. The van der Waals surface area contributed by atoms with Crippen LogP contribution in [0, 0.1) is 12.3 Å². The van der Waals surface area contributed by atoms with E-state index >= 15 is 0 Å². The second-order valence-corrected chi connectivity index (χ2v) is 9.75. The van der Waals surface area contributed by atoms with Crippen LogP contribution in [0.2, 0.25) is 0 Å². The van der Waals surface area contributed by atoms with Crippen LogP contribution in [0.1, 0.15) is 23.6 Å². The number of rotatable bonds is 6. The minimum absolute atomic E-state index is 0.0372. The lowest BCUT2D eigenvalue weighted by molar-refractivity contribution is -0.114. The van der Waals surface area contributed by atoms with Crippen molar-refractivity contribution in [2.24, 2.45) is 10.1 Å². The van der Waals surface area contributed by atoms with Crippen LogP contribution < -0.4 is 8.92 Å². The van der Waals surface area contributed by atoms with Crippen molar-refractivity contribution in [1.29, 1.82) is 5.41 Å². The third kappa shape index (κ3) is 4.99. The van der Waals surface area contributed by atoms with E-state index in [-0.39, 0.29) is 29.5 Å². The molecule has 2 aromatic rings. The fourth-order valence-corrected chi connectivity index (χ4v) is 4.52. The van der Waals surface area contributed by atoms with Crippen LogP contribution in [0.15, 0.2) is 58.1 Å². The number of hydrazone groups is 1. The van der Waals surface area contributed by atoms with Crippen molar-refractivity contribution in [3.63, 3.8) is 0 Å². The molecule has 0 fully saturated rings. The molecule has 2 aliphatic rings. The van der Waals surface area contributed by atoms with Crippen LogP contribution in [0.3, 0.4) is 0 Å². The number of amides is 1. The number of fused-ring (bicyclic) bond motifs is 1. The molecule has 0 aliphatic carbocycles. The first-order chi connectivity index (χ1) is 15.6. The summed E-state index contributed by atoms with van der Waals surface area (Å²) in [6.45, 7) is 4.01. The molecule has 0 aromatic heterocycles. The van der Waals surface area contributed by atoms with Crippen LogP contribution in [0.5, 0.6) is 11.5 Å². The Balaban J connectivity index is 1.67. The van der Waals surface area contributed by atoms with Gasteiger partial charge in [-0.05, 0) is 55.4 Å². The number of carbonyl (C=O) groups excluding carboxylic acids is 1. The molecule has 0 radical (unpaired) electrons. The molecule has 1 amide bonds. The largest absolute Gasteiger partial charge is 0.490 e. The van der Waals surface area contributed by atoms with Gasteiger partial charge in [-0.3, -0.25) is 10.2 Å². The van der Waals surface area contributed by atoms with Gasteiger partial charge in [-0.2, -0.15) is 23.5 Å². The molecule has 1 N–H and O–H groups in total. The zero-order valence-corrected chi connectivity index (χ0v) is 19.7. The molecule has 0 spiro atoms. The highest BCUT2D eigenvalue weighted by atomic mass is 32.2. The normalized spacial score (nSPS) is 17.1. The minimum atomic E-state index is -3.74. The van der Waals surface area contributed by atoms with Gasteiger partial charge in [0.1, 0.15) is 5.04 Å². The standard InChI is InChI=1S/C22H20N4O5S2/c1-4-30-18-12-14(8-9-17(18)31-33(3,28)29)11-16-19(23)26-22(24-20(16)27)32-21(25-26)15-7-5-6-13(2)10-15/h5-12,23H,4H2,1-3H3. The first-order valence-corrected chi connectivity index (χ1v) is 12.5. The summed E-state index contributed by atoms with van der Waals surface area (Å²) in [6, 6.07) is 12.3. The number of thioether (sulfide) groups is 1. The minimum Gasteiger partial charge on any atom is -0.490 e. The smallest absolute Gasteiger partial charge is 0.306 e. The lowest BCUT2D eigenvalue weighted by atomic mass is 10.1. The molecular formula is C22H20N4O5S2. The number of ether oxygens (including phenoxy) is 1. The molecule has 2 aromatic carbocycles. The number of nitrogens with zero attached hydrogens (tertiary/aromatic N) is 3. The molecule has 170 valence electrons. The molecule has 0 saturated heterocycles. The number of carbonyl (C=O) groups is 1. The Morgan fingerprint density at radius 3 is 2.67 bits per heavy atom. The van der Waals surface area contributed by atoms with E-state index in [1.165, 1.54) is 35.0 Å². The van der Waals surface area contributed by atoms with E-state index in [2.05, 4.69) is 10.1 Å². The zero-order valence-electron chi connectivity index (χ0n) is 18.0. The molecule has 2 aliphatic heterocycles. The second-order valence-electron chi connectivity index (χ2n) is 7.22. The quantitative estimate of drug-likeness (QED) is 0.493. The van der Waals surface area contributed by atoms with Gasteiger partial charge in [-0.1, -0.05) is 29.8 Å². The predicted octanol–water partition coefficient (Wildman–Crippen LogP) is 3.40. The maximum atomic E-state index is 12.7. The van der Waals surface area contributed by atoms with Crippen LogP contribution >= 0.6 is 11.8 Å². The van der Waals surface area contributed by atoms with Crippen LogP contribution in [-0.2, 0) is 14.9 Å². The number of benzene rings is 2. The lowest BCUT2D eigenvalue weighted by Gasteiger charge is -2.20. The molecule has 0 saturated carbocycles. The van der Waals surface area contributed by atoms with Gasteiger partial charge in [0, 0.05) is 5.56 Å². The Labute approximate surface area is 195 Å². The second kappa shape index (κ2) is 8.83. The van der Waals surface area contributed by atoms with Crippen molar-refractivity contribution in [3.05, 3.63) is 64.7 Å². The summed E-state index contributed by atoms with van der Waals surface area (Å²) in [5, 5.41) is 15.3. The van der Waals surface area contributed by atoms with Gasteiger partial charge in [-0.25, -0.2) is 0 Å². The van der Waals surface area contributed by atoms with Crippen molar-refractivity contribution in [2.75, 3.05) is 12.9 Å². The van der Waals surface area contributed by atoms with E-state index in [0.717, 1.165) is 17.4 Å². The molecule has 0 unspecified atom stereocenters. The van der Waals surface area contributed by atoms with E-state index in [1.807, 2.05) is 31.2 Å². The van der Waals surface area contributed by atoms with Crippen LogP contribution in [-0.4, -0.2) is 48.2 Å². The van der Waals surface area contributed by atoms with Crippen molar-refractivity contribution < 1.29 is 22.1 Å². The number of hydrogen-bond donors (Lipinski definition) is 1. The monoisotopic (exact) mass is 484 g/mol. The summed E-state index contributed by atoms with van der Waals surface area (Å²) in [4.78, 5) is 16.8. The Kier molecular flexibility index (Phi) is 6.09. The lowest BCUT2D eigenvalue weighted by Crippen LogP contribution is -2.35. The van der Waals surface area contributed by atoms with Gasteiger partial charge < -0.3 is 8.92 Å². The van der Waals surface area contributed by atoms with Crippen molar-refractivity contribution >= 4 is 49.9 Å². The van der Waals surface area contributed by atoms with E-state index in [9.17, 15) is 13.2 Å². The number of amidine groups is 2. The fraction of sp³-hybridized carbons (Fsp3) is 0.182. The third-order valence-electron chi connectivity index (χ3n) is 4.54. The molecular weight excluding hydrogens is 464 g/mol. The molecule has 0 atom stereocenters. The SMILES string of the molecule is CCOc1cc(C=C2C(=N)N3N=C(c4cccc(C)c4)SC3=NC2=O)ccc1OS(C)(=O)=O. The number of nitrogens with one attached hydrogen (secondary N) is 1. The Bertz CT molecular complexity index is 1360. The number of aryl methyl sites for hydroxylation is 1. The molecule has 2 heterocycles. The zero-order chi connectivity index (χ0) is 23.8. The maximum Gasteiger partial charge on any atom is 0.306 e. The summed E-state index contributed by atoms with van der Waals surface area (Å²) in [6.07, 6.45) is 2.43. The number of aliphatic imine (C=N–C) groups is 1. The Morgan fingerprint density at radius 1 is 1.18 bits per heavy atom. The predicted molar refractivity (Wildman–Crippen MR) is 128 cm³/mol. The highest BCUT2D eigenvalue weighted by Gasteiger charge is 2.36. The summed E-state index contributed by atoms with van der Waals surface area (Å²) in [5.74, 6) is -0.425. The van der Waals surface area contributed by atoms with E-state index in [4.69, 9.17) is 14.3 Å². The van der Waals surface area contributed by atoms with Crippen molar-refractivity contribution in [3.8, 4) is 11.5 Å². The Morgan fingerprint density at radius 2 is 1.97 bits per heavy atom. The van der Waals surface area contributed by atoms with Crippen LogP contribution in [0.25, 0.3) is 6.08 Å². The fourth-order valence-electron chi connectivity index (χ4n) is 3.17. The highest BCUT2D eigenvalue weighted by molar-refractivity contribution is 8.27. The highest BCUT2D eigenvalue weighted by Crippen LogP contribution is 2.33. The van der Waals surface area contributed by atoms with Crippen LogP contribution in [0.4, 0.5) is 0 Å². The summed E-state index contributed by atoms with van der Waals surface area (Å²) < 4.78 is 33.4. The van der Waals surface area contributed by atoms with E-state index < -0.39 is 16.0 Å². The maximum absolute atomic E-state index is 12.7. The first-order valence-electron chi connectivity index (χ1n) is 9.88. The van der Waals surface area contributed by atoms with Crippen molar-refractivity contribution in [1.82, 2.24) is 5.01 Å². The average Bonchev–Trinajstić information content (AvgIpc) is 3.16. The molecule has 11 heteroatoms. The number of hydrogen-bond acceptors (Lipinski definition) is 8.